The molecule has 88 valence electrons. The molecule has 2 atom stereocenters. The molecule has 2 rings (SSSR count). The number of nitrogens with two attached hydrogens (primary N) is 1. The van der Waals surface area contributed by atoms with Crippen molar-refractivity contribution in [2.24, 2.45) is 5.73 Å². The molecule has 1 aliphatic rings. The molecule has 2 heteroatoms. The topological polar surface area (TPSA) is 35.2 Å². The molecule has 0 radical (unpaired) electrons. The first-order chi connectivity index (χ1) is 7.63. The van der Waals surface area contributed by atoms with Gasteiger partial charge >= 0.3 is 0 Å². The first kappa shape index (κ1) is 11.6. The second-order valence-electron chi connectivity index (χ2n) is 5.06. The van der Waals surface area contributed by atoms with Crippen molar-refractivity contribution < 1.29 is 4.74 Å². The van der Waals surface area contributed by atoms with Crippen molar-refractivity contribution in [1.82, 2.24) is 0 Å². The second kappa shape index (κ2) is 4.56. The van der Waals surface area contributed by atoms with Crippen LogP contribution in [-0.4, -0.2) is 18.8 Å². The van der Waals surface area contributed by atoms with Crippen molar-refractivity contribution >= 4 is 0 Å². The van der Waals surface area contributed by atoms with E-state index >= 15 is 0 Å². The molecule has 0 aliphatic heterocycles. The number of hydrogen-bond acceptors (Lipinski definition) is 2. The van der Waals surface area contributed by atoms with E-state index < -0.39 is 0 Å². The van der Waals surface area contributed by atoms with E-state index in [0.717, 1.165) is 25.7 Å². The van der Waals surface area contributed by atoms with Gasteiger partial charge in [0.2, 0.25) is 0 Å². The molecule has 1 aliphatic carbocycles. The number of methoxy groups -OCH3 is 1. The fourth-order valence-corrected chi connectivity index (χ4v) is 2.66. The highest BCUT2D eigenvalue weighted by molar-refractivity contribution is 5.32. The highest BCUT2D eigenvalue weighted by atomic mass is 16.5. The number of ether oxygens (including phenoxy) is 1. The summed E-state index contributed by atoms with van der Waals surface area (Å²) < 4.78 is 5.33. The zero-order valence-electron chi connectivity index (χ0n) is 10.2. The lowest BCUT2D eigenvalue weighted by Crippen LogP contribution is -2.47. The third-order valence-corrected chi connectivity index (χ3v) is 3.65. The number of benzene rings is 1. The molecule has 0 bridgehead atoms. The Labute approximate surface area is 97.8 Å². The van der Waals surface area contributed by atoms with Gasteiger partial charge in [0.15, 0.2) is 0 Å². The van der Waals surface area contributed by atoms with E-state index in [9.17, 15) is 0 Å². The minimum absolute atomic E-state index is 0.0796. The lowest BCUT2D eigenvalue weighted by Gasteiger charge is -2.36. The van der Waals surface area contributed by atoms with Crippen LogP contribution in [0, 0.1) is 0 Å². The van der Waals surface area contributed by atoms with Crippen LogP contribution in [0.15, 0.2) is 24.3 Å². The summed E-state index contributed by atoms with van der Waals surface area (Å²) in [4.78, 5) is 0. The van der Waals surface area contributed by atoms with Crippen LogP contribution in [0.4, 0.5) is 0 Å². The maximum Gasteiger partial charge on any atom is 0.0560 e. The molecule has 2 N–H and O–H groups in total. The molecular weight excluding hydrogens is 198 g/mol. The molecule has 0 spiro atoms. The molecule has 16 heavy (non-hydrogen) atoms. The Balaban J connectivity index is 2.11. The number of hydrogen-bond donors (Lipinski definition) is 1. The van der Waals surface area contributed by atoms with Gasteiger partial charge in [0.1, 0.15) is 0 Å². The van der Waals surface area contributed by atoms with Gasteiger partial charge in [-0.05, 0) is 43.7 Å². The van der Waals surface area contributed by atoms with Gasteiger partial charge in [-0.2, -0.15) is 0 Å². The normalized spacial score (nSPS) is 26.2. The van der Waals surface area contributed by atoms with Crippen LogP contribution in [0.25, 0.3) is 0 Å². The summed E-state index contributed by atoms with van der Waals surface area (Å²) in [6.45, 7) is 2.09. The summed E-state index contributed by atoms with van der Waals surface area (Å²) in [6.07, 6.45) is 4.34. The minimum atomic E-state index is -0.0796. The van der Waals surface area contributed by atoms with Gasteiger partial charge in [0.05, 0.1) is 6.10 Å². The van der Waals surface area contributed by atoms with Crippen molar-refractivity contribution in [2.75, 3.05) is 7.11 Å². The number of aryl methyl sites for hydroxylation is 1. The summed E-state index contributed by atoms with van der Waals surface area (Å²) in [6, 6.07) is 8.63. The van der Waals surface area contributed by atoms with E-state index in [1.165, 1.54) is 11.1 Å². The van der Waals surface area contributed by atoms with E-state index in [-0.39, 0.29) is 11.6 Å². The Bertz CT molecular complexity index is 364. The average molecular weight is 219 g/mol. The SMILES string of the molecule is COC(C)CC1(N)CCc2ccccc2C1. The van der Waals surface area contributed by atoms with Gasteiger partial charge in [0, 0.05) is 12.6 Å². The molecule has 0 heterocycles. The first-order valence-corrected chi connectivity index (χ1v) is 6.01. The van der Waals surface area contributed by atoms with Crippen molar-refractivity contribution in [2.45, 2.75) is 44.2 Å². The third-order valence-electron chi connectivity index (χ3n) is 3.65. The van der Waals surface area contributed by atoms with Crippen LogP contribution in [0.2, 0.25) is 0 Å². The van der Waals surface area contributed by atoms with Gasteiger partial charge in [-0.25, -0.2) is 0 Å². The molecule has 1 aromatic carbocycles. The van der Waals surface area contributed by atoms with Crippen molar-refractivity contribution in [1.29, 1.82) is 0 Å². The standard InChI is InChI=1S/C14H21NO/c1-11(16-2)9-14(15)8-7-12-5-3-4-6-13(12)10-14/h3-6,11H,7-10,15H2,1-2H3. The zero-order valence-corrected chi connectivity index (χ0v) is 10.2. The molecule has 2 nitrogen and oxygen atoms in total. The van der Waals surface area contributed by atoms with Crippen molar-refractivity contribution in [3.63, 3.8) is 0 Å². The van der Waals surface area contributed by atoms with Crippen molar-refractivity contribution in [3.8, 4) is 0 Å². The Hall–Kier alpha value is -0.860. The number of rotatable bonds is 3. The Morgan fingerprint density at radius 2 is 2.06 bits per heavy atom. The summed E-state index contributed by atoms with van der Waals surface area (Å²) in [5.41, 5.74) is 9.27. The first-order valence-electron chi connectivity index (χ1n) is 6.01. The summed E-state index contributed by atoms with van der Waals surface area (Å²) >= 11 is 0. The van der Waals surface area contributed by atoms with Crippen LogP contribution in [0.3, 0.4) is 0 Å². The maximum atomic E-state index is 6.47. The minimum Gasteiger partial charge on any atom is -0.382 e. The van der Waals surface area contributed by atoms with Gasteiger partial charge in [-0.1, -0.05) is 24.3 Å². The monoisotopic (exact) mass is 219 g/mol. The van der Waals surface area contributed by atoms with Crippen LogP contribution in [0.1, 0.15) is 30.9 Å². The van der Waals surface area contributed by atoms with Gasteiger partial charge in [0.25, 0.3) is 0 Å². The smallest absolute Gasteiger partial charge is 0.0560 e. The average Bonchev–Trinajstić information content (AvgIpc) is 2.28. The zero-order chi connectivity index (χ0) is 11.6. The fraction of sp³-hybridized carbons (Fsp3) is 0.571. The lowest BCUT2D eigenvalue weighted by molar-refractivity contribution is 0.0844. The summed E-state index contributed by atoms with van der Waals surface area (Å²) in [5, 5.41) is 0. The Kier molecular flexibility index (Phi) is 3.31. The number of fused-ring (bicyclic) bond motifs is 1. The molecule has 2 unspecified atom stereocenters. The highest BCUT2D eigenvalue weighted by Crippen LogP contribution is 2.30. The summed E-state index contributed by atoms with van der Waals surface area (Å²) in [7, 11) is 1.75. The summed E-state index contributed by atoms with van der Waals surface area (Å²) in [5.74, 6) is 0. The van der Waals surface area contributed by atoms with Gasteiger partial charge in [-0.3, -0.25) is 0 Å². The van der Waals surface area contributed by atoms with Crippen LogP contribution >= 0.6 is 0 Å². The third kappa shape index (κ3) is 2.45. The van der Waals surface area contributed by atoms with Gasteiger partial charge in [-0.15, -0.1) is 0 Å². The largest absolute Gasteiger partial charge is 0.382 e. The Morgan fingerprint density at radius 1 is 1.38 bits per heavy atom. The predicted molar refractivity (Wildman–Crippen MR) is 66.5 cm³/mol. The van der Waals surface area contributed by atoms with Gasteiger partial charge < -0.3 is 10.5 Å². The van der Waals surface area contributed by atoms with Crippen LogP contribution < -0.4 is 5.73 Å². The van der Waals surface area contributed by atoms with E-state index in [1.807, 2.05) is 0 Å². The van der Waals surface area contributed by atoms with Crippen molar-refractivity contribution in [3.05, 3.63) is 35.4 Å². The second-order valence-corrected chi connectivity index (χ2v) is 5.06. The fourth-order valence-electron chi connectivity index (χ4n) is 2.66. The molecule has 1 aromatic rings. The van der Waals surface area contributed by atoms with E-state index in [1.54, 1.807) is 7.11 Å². The Morgan fingerprint density at radius 3 is 2.75 bits per heavy atom. The highest BCUT2D eigenvalue weighted by Gasteiger charge is 2.31. The molecule has 0 aromatic heterocycles. The van der Waals surface area contributed by atoms with Crippen LogP contribution in [0.5, 0.6) is 0 Å². The maximum absolute atomic E-state index is 6.47. The molecular formula is C14H21NO. The molecule has 0 amide bonds. The predicted octanol–water partition coefficient (Wildman–Crippen LogP) is 2.30. The lowest BCUT2D eigenvalue weighted by atomic mass is 9.76. The van der Waals surface area contributed by atoms with E-state index in [4.69, 9.17) is 10.5 Å². The quantitative estimate of drug-likeness (QED) is 0.846. The molecule has 0 saturated carbocycles. The molecule has 0 saturated heterocycles. The van der Waals surface area contributed by atoms with E-state index in [2.05, 4.69) is 31.2 Å². The van der Waals surface area contributed by atoms with Crippen LogP contribution in [-0.2, 0) is 17.6 Å². The molecule has 0 fully saturated rings. The van der Waals surface area contributed by atoms with E-state index in [0.29, 0.717) is 0 Å².